The van der Waals surface area contributed by atoms with Crippen molar-refractivity contribution in [1.82, 2.24) is 9.55 Å². The summed E-state index contributed by atoms with van der Waals surface area (Å²) in [6, 6.07) is 0.504. The first-order chi connectivity index (χ1) is 6.25. The van der Waals surface area contributed by atoms with Gasteiger partial charge in [-0.15, -0.1) is 0 Å². The number of rotatable bonds is 3. The molecule has 0 bridgehead atoms. The lowest BCUT2D eigenvalue weighted by atomic mass is 10.5. The Morgan fingerprint density at radius 1 is 1.77 bits per heavy atom. The highest BCUT2D eigenvalue weighted by Gasteiger charge is 2.20. The molecule has 70 valence electrons. The van der Waals surface area contributed by atoms with Crippen LogP contribution in [0.1, 0.15) is 18.7 Å². The average Bonchev–Trinajstić information content (AvgIpc) is 2.79. The third kappa shape index (κ3) is 2.08. The lowest BCUT2D eigenvalue weighted by molar-refractivity contribution is 0.795. The highest BCUT2D eigenvalue weighted by atomic mass is 15.1. The molecule has 1 aromatic rings. The van der Waals surface area contributed by atoms with Crippen molar-refractivity contribution in [3.8, 4) is 0 Å². The zero-order valence-electron chi connectivity index (χ0n) is 7.77. The van der Waals surface area contributed by atoms with Gasteiger partial charge >= 0.3 is 0 Å². The van der Waals surface area contributed by atoms with Crippen LogP contribution in [0.5, 0.6) is 0 Å². The summed E-state index contributed by atoms with van der Waals surface area (Å²) >= 11 is 0. The molecule has 4 nitrogen and oxygen atoms in total. The van der Waals surface area contributed by atoms with E-state index in [1.54, 1.807) is 6.20 Å². The second-order valence-corrected chi connectivity index (χ2v) is 3.45. The minimum atomic E-state index is 0.504. The van der Waals surface area contributed by atoms with Gasteiger partial charge in [0.05, 0.1) is 12.6 Å². The van der Waals surface area contributed by atoms with E-state index < -0.39 is 0 Å². The van der Waals surface area contributed by atoms with Crippen molar-refractivity contribution in [3.05, 3.63) is 18.2 Å². The van der Waals surface area contributed by atoms with Crippen molar-refractivity contribution in [2.45, 2.75) is 32.4 Å². The van der Waals surface area contributed by atoms with Gasteiger partial charge in [0.2, 0.25) is 0 Å². The van der Waals surface area contributed by atoms with Crippen LogP contribution >= 0.6 is 0 Å². The van der Waals surface area contributed by atoms with Gasteiger partial charge in [0.1, 0.15) is 11.7 Å². The minimum absolute atomic E-state index is 0.504. The molecule has 0 saturated heterocycles. The van der Waals surface area contributed by atoms with Crippen molar-refractivity contribution in [2.24, 2.45) is 10.7 Å². The Hall–Kier alpha value is -1.32. The summed E-state index contributed by atoms with van der Waals surface area (Å²) in [5, 5.41) is 0. The monoisotopic (exact) mass is 178 g/mol. The molecule has 1 aliphatic rings. The molecule has 1 saturated carbocycles. The van der Waals surface area contributed by atoms with Crippen LogP contribution in [-0.2, 0) is 6.54 Å². The molecule has 0 aliphatic heterocycles. The SMILES string of the molecule is Cc1nccn1CC(N)=NC1CC1. The standard InChI is InChI=1S/C9H14N4/c1-7-11-4-5-13(7)6-9(10)12-8-2-3-8/h4-5,8H,2-3,6H2,1H3,(H2,10,12). The lowest BCUT2D eigenvalue weighted by Gasteiger charge is -2.03. The third-order valence-corrected chi connectivity index (χ3v) is 2.15. The maximum absolute atomic E-state index is 5.78. The van der Waals surface area contributed by atoms with Crippen molar-refractivity contribution < 1.29 is 0 Å². The number of nitrogens with zero attached hydrogens (tertiary/aromatic N) is 3. The Bertz CT molecular complexity index is 322. The van der Waals surface area contributed by atoms with Crippen LogP contribution in [0, 0.1) is 6.92 Å². The highest BCUT2D eigenvalue weighted by Crippen LogP contribution is 2.23. The van der Waals surface area contributed by atoms with E-state index >= 15 is 0 Å². The first kappa shape index (κ1) is 8.29. The predicted molar refractivity (Wildman–Crippen MR) is 51.6 cm³/mol. The summed E-state index contributed by atoms with van der Waals surface area (Å²) in [6.45, 7) is 2.63. The number of hydrogen-bond donors (Lipinski definition) is 1. The van der Waals surface area contributed by atoms with Gasteiger partial charge in [0.25, 0.3) is 0 Å². The van der Waals surface area contributed by atoms with Gasteiger partial charge in [-0.1, -0.05) is 0 Å². The van der Waals surface area contributed by atoms with Crippen molar-refractivity contribution in [2.75, 3.05) is 0 Å². The number of aryl methyl sites for hydroxylation is 1. The van der Waals surface area contributed by atoms with Crippen molar-refractivity contribution >= 4 is 5.84 Å². The van der Waals surface area contributed by atoms with E-state index in [4.69, 9.17) is 5.73 Å². The summed E-state index contributed by atoms with van der Waals surface area (Å²) in [7, 11) is 0. The number of amidine groups is 1. The van der Waals surface area contributed by atoms with E-state index in [1.807, 2.05) is 17.7 Å². The zero-order chi connectivity index (χ0) is 9.26. The molecule has 1 aliphatic carbocycles. The molecule has 2 N–H and O–H groups in total. The second-order valence-electron chi connectivity index (χ2n) is 3.45. The molecule has 1 heterocycles. The van der Waals surface area contributed by atoms with Crippen LogP contribution < -0.4 is 5.73 Å². The molecule has 13 heavy (non-hydrogen) atoms. The summed E-state index contributed by atoms with van der Waals surface area (Å²) in [5.74, 6) is 1.69. The molecule has 2 rings (SSSR count). The van der Waals surface area contributed by atoms with Gasteiger partial charge in [-0.2, -0.15) is 0 Å². The van der Waals surface area contributed by atoms with Gasteiger partial charge < -0.3 is 10.3 Å². The van der Waals surface area contributed by atoms with Gasteiger partial charge in [-0.3, -0.25) is 4.99 Å². The summed E-state index contributed by atoms with van der Waals surface area (Å²) < 4.78 is 2.00. The molecule has 0 unspecified atom stereocenters. The third-order valence-electron chi connectivity index (χ3n) is 2.15. The smallest absolute Gasteiger partial charge is 0.114 e. The van der Waals surface area contributed by atoms with E-state index in [1.165, 1.54) is 12.8 Å². The quantitative estimate of drug-likeness (QED) is 0.547. The fraction of sp³-hybridized carbons (Fsp3) is 0.556. The van der Waals surface area contributed by atoms with Gasteiger partial charge in [-0.05, 0) is 19.8 Å². The highest BCUT2D eigenvalue weighted by molar-refractivity contribution is 5.80. The van der Waals surface area contributed by atoms with Crippen LogP contribution in [0.25, 0.3) is 0 Å². The number of hydrogen-bond acceptors (Lipinski definition) is 2. The number of nitrogens with two attached hydrogens (primary N) is 1. The Kier molecular flexibility index (Phi) is 2.04. The zero-order valence-corrected chi connectivity index (χ0v) is 7.77. The van der Waals surface area contributed by atoms with E-state index in [9.17, 15) is 0 Å². The molecule has 4 heteroatoms. The molecule has 0 amide bonds. The molecular weight excluding hydrogens is 164 g/mol. The lowest BCUT2D eigenvalue weighted by Crippen LogP contribution is -2.20. The van der Waals surface area contributed by atoms with Crippen LogP contribution in [0.3, 0.4) is 0 Å². The second kappa shape index (κ2) is 3.20. The van der Waals surface area contributed by atoms with E-state index in [2.05, 4.69) is 9.98 Å². The number of imidazole rings is 1. The van der Waals surface area contributed by atoms with E-state index in [-0.39, 0.29) is 0 Å². The Labute approximate surface area is 77.5 Å². The topological polar surface area (TPSA) is 56.2 Å². The fourth-order valence-electron chi connectivity index (χ4n) is 1.22. The van der Waals surface area contributed by atoms with Gasteiger partial charge in [0.15, 0.2) is 0 Å². The summed E-state index contributed by atoms with van der Waals surface area (Å²) in [4.78, 5) is 8.47. The Morgan fingerprint density at radius 2 is 2.54 bits per heavy atom. The molecule has 0 radical (unpaired) electrons. The van der Waals surface area contributed by atoms with Crippen molar-refractivity contribution in [3.63, 3.8) is 0 Å². The first-order valence-corrected chi connectivity index (χ1v) is 4.55. The van der Waals surface area contributed by atoms with Gasteiger partial charge in [-0.25, -0.2) is 4.98 Å². The first-order valence-electron chi connectivity index (χ1n) is 4.55. The van der Waals surface area contributed by atoms with E-state index in [0.717, 1.165) is 5.82 Å². The van der Waals surface area contributed by atoms with Crippen LogP contribution in [0.2, 0.25) is 0 Å². The summed E-state index contributed by atoms with van der Waals surface area (Å²) in [6.07, 6.45) is 6.09. The van der Waals surface area contributed by atoms with Crippen molar-refractivity contribution in [1.29, 1.82) is 0 Å². The minimum Gasteiger partial charge on any atom is -0.386 e. The van der Waals surface area contributed by atoms with Crippen LogP contribution in [-0.4, -0.2) is 21.4 Å². The molecule has 0 atom stereocenters. The normalized spacial score (nSPS) is 17.8. The number of aromatic nitrogens is 2. The van der Waals surface area contributed by atoms with Crippen LogP contribution in [0.15, 0.2) is 17.4 Å². The molecule has 1 fully saturated rings. The molecule has 1 aromatic heterocycles. The molecule has 0 aromatic carbocycles. The Balaban J connectivity index is 2.00. The summed E-state index contributed by atoms with van der Waals surface area (Å²) in [5.41, 5.74) is 5.78. The van der Waals surface area contributed by atoms with Crippen LogP contribution in [0.4, 0.5) is 0 Å². The molecule has 0 spiro atoms. The van der Waals surface area contributed by atoms with E-state index in [0.29, 0.717) is 18.4 Å². The molecular formula is C9H14N4. The fourth-order valence-corrected chi connectivity index (χ4v) is 1.22. The maximum Gasteiger partial charge on any atom is 0.114 e. The predicted octanol–water partition coefficient (Wildman–Crippen LogP) is 0.711. The largest absolute Gasteiger partial charge is 0.386 e. The van der Waals surface area contributed by atoms with Gasteiger partial charge in [0, 0.05) is 12.4 Å². The number of aliphatic imine (C=N–C) groups is 1. The average molecular weight is 178 g/mol. The maximum atomic E-state index is 5.78. The Morgan fingerprint density at radius 3 is 3.08 bits per heavy atom.